The van der Waals surface area contributed by atoms with Crippen molar-refractivity contribution in [1.82, 2.24) is 0 Å². The molecule has 2 N–H and O–H groups in total. The maximum Gasteiger partial charge on any atom is 0.114 e. The van der Waals surface area contributed by atoms with E-state index in [4.69, 9.17) is 15.7 Å². The van der Waals surface area contributed by atoms with Crippen LogP contribution in [0.5, 0.6) is 0 Å². The third-order valence-corrected chi connectivity index (χ3v) is 2.57. The molecular weight excluding hydrogens is 177 g/mol. The first kappa shape index (κ1) is 10.2. The Bertz CT molecular complexity index is 220. The van der Waals surface area contributed by atoms with Crippen LogP contribution in [0.15, 0.2) is 5.11 Å². The second-order valence-corrected chi connectivity index (χ2v) is 3.24. The highest BCUT2D eigenvalue weighted by molar-refractivity contribution is 4.95. The smallest absolute Gasteiger partial charge is 0.114 e. The van der Waals surface area contributed by atoms with Gasteiger partial charge < -0.3 is 10.2 Å². The van der Waals surface area contributed by atoms with Crippen LogP contribution < -0.4 is 0 Å². The first-order chi connectivity index (χ1) is 6.24. The topological polar surface area (TPSA) is 89.2 Å². The van der Waals surface area contributed by atoms with E-state index in [1.807, 2.05) is 0 Å². The van der Waals surface area contributed by atoms with Crippen LogP contribution in [-0.4, -0.2) is 35.6 Å². The summed E-state index contributed by atoms with van der Waals surface area (Å²) in [6.07, 6.45) is -1.02. The van der Waals surface area contributed by atoms with E-state index in [0.717, 1.165) is 0 Å². The molecule has 0 radical (unpaired) electrons. The average Bonchev–Trinajstić information content (AvgIpc) is 2.44. The van der Waals surface area contributed by atoms with Crippen LogP contribution in [0.4, 0.5) is 4.39 Å². The molecule has 0 bridgehead atoms. The fourth-order valence-corrected chi connectivity index (χ4v) is 1.80. The van der Waals surface area contributed by atoms with Crippen molar-refractivity contribution in [1.29, 1.82) is 0 Å². The molecule has 0 aromatic rings. The Morgan fingerprint density at radius 2 is 2.15 bits per heavy atom. The molecule has 0 saturated heterocycles. The predicted octanol–water partition coefficient (Wildman–Crippen LogP) is 0.624. The zero-order valence-corrected chi connectivity index (χ0v) is 7.04. The van der Waals surface area contributed by atoms with Gasteiger partial charge in [0.15, 0.2) is 0 Å². The van der Waals surface area contributed by atoms with E-state index in [-0.39, 0.29) is 19.1 Å². The fourth-order valence-electron chi connectivity index (χ4n) is 1.80. The van der Waals surface area contributed by atoms with Crippen molar-refractivity contribution >= 4 is 0 Å². The zero-order chi connectivity index (χ0) is 9.84. The predicted molar refractivity (Wildman–Crippen MR) is 43.6 cm³/mol. The molecule has 0 aromatic carbocycles. The van der Waals surface area contributed by atoms with Crippen molar-refractivity contribution in [3.63, 3.8) is 0 Å². The van der Waals surface area contributed by atoms with Crippen molar-refractivity contribution in [3.8, 4) is 0 Å². The summed E-state index contributed by atoms with van der Waals surface area (Å²) >= 11 is 0. The summed E-state index contributed by atoms with van der Waals surface area (Å²) in [5.41, 5.74) is 8.13. The lowest BCUT2D eigenvalue weighted by Crippen LogP contribution is -2.24. The van der Waals surface area contributed by atoms with Crippen LogP contribution in [-0.2, 0) is 0 Å². The number of alkyl halides is 1. The van der Waals surface area contributed by atoms with Gasteiger partial charge in [-0.1, -0.05) is 5.11 Å². The number of azide groups is 1. The number of hydrogen-bond acceptors (Lipinski definition) is 3. The van der Waals surface area contributed by atoms with Gasteiger partial charge in [-0.05, 0) is 17.9 Å². The maximum absolute atomic E-state index is 13.3. The minimum Gasteiger partial charge on any atom is -0.396 e. The van der Waals surface area contributed by atoms with Crippen LogP contribution in [0.1, 0.15) is 6.42 Å². The molecule has 0 amide bonds. The molecule has 5 nitrogen and oxygen atoms in total. The van der Waals surface area contributed by atoms with Gasteiger partial charge in [0.2, 0.25) is 0 Å². The van der Waals surface area contributed by atoms with Gasteiger partial charge in [-0.2, -0.15) is 0 Å². The molecule has 0 aliphatic heterocycles. The summed E-state index contributed by atoms with van der Waals surface area (Å²) in [6.45, 7) is -0.493. The van der Waals surface area contributed by atoms with Gasteiger partial charge in [0.05, 0.1) is 6.04 Å². The summed E-state index contributed by atoms with van der Waals surface area (Å²) in [5.74, 6) is -0.893. The molecule has 1 aliphatic rings. The van der Waals surface area contributed by atoms with E-state index in [9.17, 15) is 4.39 Å². The number of rotatable bonds is 3. The van der Waals surface area contributed by atoms with Crippen LogP contribution in [0.2, 0.25) is 0 Å². The highest BCUT2D eigenvalue weighted by atomic mass is 19.1. The number of halogens is 1. The first-order valence-corrected chi connectivity index (χ1v) is 4.14. The van der Waals surface area contributed by atoms with Crippen molar-refractivity contribution in [3.05, 3.63) is 10.4 Å². The minimum atomic E-state index is -1.34. The van der Waals surface area contributed by atoms with Crippen molar-refractivity contribution < 1.29 is 14.6 Å². The molecule has 0 aromatic heterocycles. The molecular formula is C7H12FN3O2. The summed E-state index contributed by atoms with van der Waals surface area (Å²) < 4.78 is 13.3. The molecule has 1 saturated carbocycles. The van der Waals surface area contributed by atoms with Gasteiger partial charge in [-0.25, -0.2) is 4.39 Å². The van der Waals surface area contributed by atoms with Crippen LogP contribution in [0, 0.1) is 11.8 Å². The number of aliphatic hydroxyl groups is 2. The highest BCUT2D eigenvalue weighted by Gasteiger charge is 2.42. The molecule has 74 valence electrons. The largest absolute Gasteiger partial charge is 0.396 e. The quantitative estimate of drug-likeness (QED) is 0.387. The van der Waals surface area contributed by atoms with E-state index in [0.29, 0.717) is 6.42 Å². The second kappa shape index (κ2) is 4.41. The molecule has 4 unspecified atom stereocenters. The molecule has 13 heavy (non-hydrogen) atoms. The Hall–Kier alpha value is -0.840. The third-order valence-electron chi connectivity index (χ3n) is 2.57. The van der Waals surface area contributed by atoms with Gasteiger partial charge in [-0.15, -0.1) is 0 Å². The Labute approximate surface area is 74.8 Å². The normalized spacial score (nSPS) is 38.7. The van der Waals surface area contributed by atoms with Crippen molar-refractivity contribution in [2.75, 3.05) is 13.2 Å². The van der Waals surface area contributed by atoms with E-state index < -0.39 is 18.1 Å². The summed E-state index contributed by atoms with van der Waals surface area (Å²) in [6, 6.07) is -0.737. The SMILES string of the molecule is [N-]=[N+]=NC1CC(CO)C(CO)C1F. The molecule has 6 heteroatoms. The molecule has 0 heterocycles. The Kier molecular flexibility index (Phi) is 3.48. The number of aliphatic hydroxyl groups excluding tert-OH is 2. The van der Waals surface area contributed by atoms with Gasteiger partial charge >= 0.3 is 0 Å². The van der Waals surface area contributed by atoms with Crippen LogP contribution >= 0.6 is 0 Å². The van der Waals surface area contributed by atoms with Gasteiger partial charge in [0, 0.05) is 24.0 Å². The summed E-state index contributed by atoms with van der Waals surface area (Å²) in [5, 5.41) is 21.0. The van der Waals surface area contributed by atoms with E-state index in [2.05, 4.69) is 10.0 Å². The third kappa shape index (κ3) is 1.91. The maximum atomic E-state index is 13.3. The number of nitrogens with zero attached hydrogens (tertiary/aromatic N) is 3. The first-order valence-electron chi connectivity index (χ1n) is 4.14. The van der Waals surface area contributed by atoms with E-state index in [1.54, 1.807) is 0 Å². The van der Waals surface area contributed by atoms with Crippen molar-refractivity contribution in [2.24, 2.45) is 17.0 Å². The lowest BCUT2D eigenvalue weighted by Gasteiger charge is -2.15. The second-order valence-electron chi connectivity index (χ2n) is 3.24. The molecule has 4 atom stereocenters. The number of hydrogen-bond donors (Lipinski definition) is 2. The molecule has 0 spiro atoms. The molecule has 1 aliphatic carbocycles. The van der Waals surface area contributed by atoms with Crippen LogP contribution in [0.3, 0.4) is 0 Å². The Morgan fingerprint density at radius 1 is 1.46 bits per heavy atom. The van der Waals surface area contributed by atoms with E-state index in [1.165, 1.54) is 0 Å². The zero-order valence-electron chi connectivity index (χ0n) is 7.04. The van der Waals surface area contributed by atoms with Crippen LogP contribution in [0.25, 0.3) is 10.4 Å². The average molecular weight is 189 g/mol. The lowest BCUT2D eigenvalue weighted by molar-refractivity contribution is 0.0995. The monoisotopic (exact) mass is 189 g/mol. The Balaban J connectivity index is 2.70. The lowest BCUT2D eigenvalue weighted by atomic mass is 9.97. The molecule has 1 fully saturated rings. The molecule has 1 rings (SSSR count). The van der Waals surface area contributed by atoms with Gasteiger partial charge in [0.25, 0.3) is 0 Å². The minimum absolute atomic E-state index is 0.177. The fraction of sp³-hybridized carbons (Fsp3) is 1.00. The Morgan fingerprint density at radius 3 is 2.54 bits per heavy atom. The van der Waals surface area contributed by atoms with Gasteiger partial charge in [-0.3, -0.25) is 0 Å². The van der Waals surface area contributed by atoms with E-state index >= 15 is 0 Å². The standard InChI is InChI=1S/C7H12FN3O2/c8-7-5(3-13)4(2-12)1-6(7)10-11-9/h4-7,12-13H,1-3H2. The van der Waals surface area contributed by atoms with Gasteiger partial charge in [0.1, 0.15) is 6.17 Å². The summed E-state index contributed by atoms with van der Waals surface area (Å²) in [4.78, 5) is 2.53. The van der Waals surface area contributed by atoms with Crippen molar-refractivity contribution in [2.45, 2.75) is 18.6 Å². The summed E-state index contributed by atoms with van der Waals surface area (Å²) in [7, 11) is 0. The highest BCUT2D eigenvalue weighted by Crippen LogP contribution is 2.35.